The highest BCUT2D eigenvalue weighted by Gasteiger charge is 2.34. The molecule has 30 heavy (non-hydrogen) atoms. The number of carbonyl (C=O) groups is 3. The second-order valence-corrected chi connectivity index (χ2v) is 7.49. The Balaban J connectivity index is 1.66. The molecule has 0 atom stereocenters. The predicted molar refractivity (Wildman–Crippen MR) is 114 cm³/mol. The molecule has 1 aliphatic rings. The van der Waals surface area contributed by atoms with E-state index >= 15 is 0 Å². The first kappa shape index (κ1) is 21.4. The Morgan fingerprint density at radius 3 is 2.50 bits per heavy atom. The van der Waals surface area contributed by atoms with E-state index in [0.717, 1.165) is 22.2 Å². The average molecular weight is 427 g/mol. The van der Waals surface area contributed by atoms with Crippen molar-refractivity contribution in [3.05, 3.63) is 58.5 Å². The summed E-state index contributed by atoms with van der Waals surface area (Å²) in [6.07, 6.45) is 1.60. The van der Waals surface area contributed by atoms with Gasteiger partial charge in [-0.1, -0.05) is 23.8 Å². The second-order valence-electron chi connectivity index (χ2n) is 6.50. The third-order valence-corrected chi connectivity index (χ3v) is 5.12. The van der Waals surface area contributed by atoms with Crippen LogP contribution in [0.1, 0.15) is 18.1 Å². The molecule has 0 radical (unpaired) electrons. The minimum absolute atomic E-state index is 0.157. The average Bonchev–Trinajstić information content (AvgIpc) is 2.97. The summed E-state index contributed by atoms with van der Waals surface area (Å²) in [4.78, 5) is 37.5. The second kappa shape index (κ2) is 9.49. The summed E-state index contributed by atoms with van der Waals surface area (Å²) in [6, 6.07) is 12.4. The number of esters is 1. The van der Waals surface area contributed by atoms with Crippen LogP contribution in [0, 0.1) is 6.92 Å². The molecule has 1 aliphatic heterocycles. The molecule has 0 N–H and O–H groups in total. The molecule has 0 bridgehead atoms. The van der Waals surface area contributed by atoms with Crippen molar-refractivity contribution >= 4 is 35.0 Å². The van der Waals surface area contributed by atoms with Crippen molar-refractivity contribution in [2.45, 2.75) is 13.8 Å². The molecule has 0 aliphatic carbocycles. The molecule has 2 amide bonds. The highest BCUT2D eigenvalue weighted by atomic mass is 32.2. The van der Waals surface area contributed by atoms with Gasteiger partial charge in [0.05, 0.1) is 18.6 Å². The quantitative estimate of drug-likeness (QED) is 0.375. The molecule has 2 aromatic rings. The van der Waals surface area contributed by atoms with Gasteiger partial charge in [0, 0.05) is 6.92 Å². The van der Waals surface area contributed by atoms with Gasteiger partial charge in [0.15, 0.2) is 11.5 Å². The van der Waals surface area contributed by atoms with Gasteiger partial charge in [0.2, 0.25) is 0 Å². The first-order valence-corrected chi connectivity index (χ1v) is 10.0. The Morgan fingerprint density at radius 1 is 1.10 bits per heavy atom. The summed E-state index contributed by atoms with van der Waals surface area (Å²) < 4.78 is 15.9. The fourth-order valence-electron chi connectivity index (χ4n) is 2.75. The zero-order valence-electron chi connectivity index (χ0n) is 16.8. The van der Waals surface area contributed by atoms with E-state index in [-0.39, 0.29) is 30.0 Å². The van der Waals surface area contributed by atoms with Crippen molar-refractivity contribution in [2.75, 3.05) is 20.3 Å². The van der Waals surface area contributed by atoms with E-state index in [0.29, 0.717) is 22.0 Å². The number of ether oxygens (including phenoxy) is 3. The molecule has 1 heterocycles. The number of hydrogen-bond acceptors (Lipinski definition) is 7. The third-order valence-electron chi connectivity index (χ3n) is 4.22. The van der Waals surface area contributed by atoms with Crippen molar-refractivity contribution in [3.8, 4) is 17.2 Å². The molecule has 8 heteroatoms. The molecule has 0 unspecified atom stereocenters. The van der Waals surface area contributed by atoms with Gasteiger partial charge >= 0.3 is 5.97 Å². The SMILES string of the molecule is COc1cc(/C=C2\SC(=O)N(CCOc3ccc(C)cc3)C2=O)ccc1OC(C)=O. The number of amides is 2. The lowest BCUT2D eigenvalue weighted by Gasteiger charge is -2.13. The smallest absolute Gasteiger partial charge is 0.308 e. The van der Waals surface area contributed by atoms with Gasteiger partial charge in [0.25, 0.3) is 11.1 Å². The van der Waals surface area contributed by atoms with Crippen LogP contribution >= 0.6 is 11.8 Å². The first-order chi connectivity index (χ1) is 14.4. The van der Waals surface area contributed by atoms with Crippen molar-refractivity contribution < 1.29 is 28.6 Å². The van der Waals surface area contributed by atoms with E-state index in [2.05, 4.69) is 0 Å². The van der Waals surface area contributed by atoms with Crippen molar-refractivity contribution in [1.29, 1.82) is 0 Å². The molecular weight excluding hydrogens is 406 g/mol. The number of imide groups is 1. The number of rotatable bonds is 7. The maximum absolute atomic E-state index is 12.6. The lowest BCUT2D eigenvalue weighted by Crippen LogP contribution is -2.32. The number of thioether (sulfide) groups is 1. The van der Waals surface area contributed by atoms with Gasteiger partial charge in [0.1, 0.15) is 12.4 Å². The molecular formula is C22H21NO6S. The number of carbonyl (C=O) groups excluding carboxylic acids is 3. The van der Waals surface area contributed by atoms with Crippen LogP contribution in [0.15, 0.2) is 47.4 Å². The van der Waals surface area contributed by atoms with Crippen LogP contribution in [0.25, 0.3) is 6.08 Å². The largest absolute Gasteiger partial charge is 0.493 e. The Hall–Kier alpha value is -3.26. The molecule has 3 rings (SSSR count). The molecule has 0 aromatic heterocycles. The van der Waals surface area contributed by atoms with E-state index in [4.69, 9.17) is 14.2 Å². The maximum Gasteiger partial charge on any atom is 0.308 e. The Labute approximate surface area is 178 Å². The lowest BCUT2D eigenvalue weighted by molar-refractivity contribution is -0.132. The standard InChI is InChI=1S/C22H21NO6S/c1-14-4-7-17(8-5-14)28-11-10-23-21(25)20(30-22(23)26)13-16-6-9-18(29-15(2)24)19(12-16)27-3/h4-9,12-13H,10-11H2,1-3H3/b20-13-. The molecule has 2 aromatic carbocycles. The topological polar surface area (TPSA) is 82.1 Å². The normalized spacial score (nSPS) is 14.9. The zero-order chi connectivity index (χ0) is 21.7. The molecule has 0 spiro atoms. The van der Waals surface area contributed by atoms with E-state index in [1.807, 2.05) is 31.2 Å². The summed E-state index contributed by atoms with van der Waals surface area (Å²) in [6.45, 7) is 3.64. The Morgan fingerprint density at radius 2 is 1.83 bits per heavy atom. The van der Waals surface area contributed by atoms with Crippen molar-refractivity contribution in [3.63, 3.8) is 0 Å². The highest BCUT2D eigenvalue weighted by Crippen LogP contribution is 2.34. The fourth-order valence-corrected chi connectivity index (χ4v) is 3.61. The van der Waals surface area contributed by atoms with Crippen LogP contribution in [0.3, 0.4) is 0 Å². The summed E-state index contributed by atoms with van der Waals surface area (Å²) in [5.41, 5.74) is 1.76. The van der Waals surface area contributed by atoms with Crippen LogP contribution in [0.2, 0.25) is 0 Å². The van der Waals surface area contributed by atoms with E-state index in [1.165, 1.54) is 14.0 Å². The van der Waals surface area contributed by atoms with Crippen LogP contribution in [0.4, 0.5) is 4.79 Å². The van der Waals surface area contributed by atoms with Gasteiger partial charge in [-0.05, 0) is 54.6 Å². The summed E-state index contributed by atoms with van der Waals surface area (Å²) in [5.74, 6) is 0.479. The van der Waals surface area contributed by atoms with Crippen LogP contribution in [-0.2, 0) is 9.59 Å². The summed E-state index contributed by atoms with van der Waals surface area (Å²) in [5, 5.41) is -0.345. The van der Waals surface area contributed by atoms with Gasteiger partial charge in [-0.2, -0.15) is 0 Å². The summed E-state index contributed by atoms with van der Waals surface area (Å²) in [7, 11) is 1.45. The number of hydrogen-bond donors (Lipinski definition) is 0. The van der Waals surface area contributed by atoms with Crippen LogP contribution in [0.5, 0.6) is 17.2 Å². The van der Waals surface area contributed by atoms with Gasteiger partial charge < -0.3 is 14.2 Å². The monoisotopic (exact) mass is 427 g/mol. The number of benzene rings is 2. The lowest BCUT2D eigenvalue weighted by atomic mass is 10.2. The molecule has 1 saturated heterocycles. The van der Waals surface area contributed by atoms with Crippen molar-refractivity contribution in [2.24, 2.45) is 0 Å². The first-order valence-electron chi connectivity index (χ1n) is 9.18. The van der Waals surface area contributed by atoms with Crippen molar-refractivity contribution in [1.82, 2.24) is 4.90 Å². The van der Waals surface area contributed by atoms with Crippen LogP contribution in [-0.4, -0.2) is 42.3 Å². The predicted octanol–water partition coefficient (Wildman–Crippen LogP) is 4.04. The molecule has 7 nitrogen and oxygen atoms in total. The zero-order valence-corrected chi connectivity index (χ0v) is 17.7. The Kier molecular flexibility index (Phi) is 6.79. The minimum atomic E-state index is -0.463. The number of nitrogens with zero attached hydrogens (tertiary/aromatic N) is 1. The maximum atomic E-state index is 12.6. The van der Waals surface area contributed by atoms with E-state index in [9.17, 15) is 14.4 Å². The van der Waals surface area contributed by atoms with Crippen LogP contribution < -0.4 is 14.2 Å². The minimum Gasteiger partial charge on any atom is -0.493 e. The third kappa shape index (κ3) is 5.21. The summed E-state index contributed by atoms with van der Waals surface area (Å²) >= 11 is 0.870. The Bertz CT molecular complexity index is 999. The van der Waals surface area contributed by atoms with E-state index in [1.54, 1.807) is 24.3 Å². The molecule has 0 saturated carbocycles. The fraction of sp³-hybridized carbons (Fsp3) is 0.227. The highest BCUT2D eigenvalue weighted by molar-refractivity contribution is 8.18. The number of methoxy groups -OCH3 is 1. The van der Waals surface area contributed by atoms with Gasteiger partial charge in [-0.15, -0.1) is 0 Å². The van der Waals surface area contributed by atoms with E-state index < -0.39 is 5.97 Å². The van der Waals surface area contributed by atoms with Gasteiger partial charge in [-0.3, -0.25) is 19.3 Å². The molecule has 1 fully saturated rings. The van der Waals surface area contributed by atoms with Gasteiger partial charge in [-0.25, -0.2) is 0 Å². The molecule has 156 valence electrons. The number of aryl methyl sites for hydroxylation is 1.